The molecule has 15 N–H and O–H groups in total. The predicted octanol–water partition coefficient (Wildman–Crippen LogP) is -0.547. The molecule has 51 heteroatoms. The first-order chi connectivity index (χ1) is 62.6. The minimum Gasteiger partial charge on any atom is -0.466 e. The molecule has 0 aliphatic carbocycles. The normalized spacial score (nSPS) is 11.6. The summed E-state index contributed by atoms with van der Waals surface area (Å²) in [7, 11) is 0. The van der Waals surface area contributed by atoms with Crippen molar-refractivity contribution in [1.82, 2.24) is 0 Å². The molecule has 0 aliphatic heterocycles. The standard InChI is InChI=1S/C20H36O9.2C17H30O9.C14H24O12.C13H22O12/c1-20(8-14-27-17(24)5-2-11-21,9-15-28-18(25)6-3-12-22)10-16-29-19(26)7-4-13-23;1-11(18)14(21)24-8-5-17(4,6-9-25-15(22)12(2)19)7-10-26-16(23)13(3)20;1-17(5-11-24-14(21)2-8-18,6-12-25-15(22)3-9-19)7-13-26-16(23)4-10-20;1-14(8-24-11(18)21-5-2-15,9-25-12(19)22-6-3-16)10-26-13(20)23-7-4-17;14-1-4-20-11(17)23-7-10(8-24-12(18)21-5-2-15)9-25-13(19)22-6-3-16/h21-23H,2-16H2,1H3;11-13,18-20H,5-10H2,1-4H3;18-20H,2-13H2,1H3;15-17H,2-10H2,1H3;10,14-16H,1-9H2/t;11-,12-,13+;;;/m.0.../s1. The van der Waals surface area contributed by atoms with Crippen LogP contribution >= 0.6 is 0 Å². The Labute approximate surface area is 764 Å². The fourth-order valence-corrected chi connectivity index (χ4v) is 9.08. The number of esters is 9. The van der Waals surface area contributed by atoms with E-state index in [1.807, 2.05) is 20.8 Å². The summed E-state index contributed by atoms with van der Waals surface area (Å²) in [4.78, 5) is 170. The Morgan fingerprint density at radius 3 is 0.545 bits per heavy atom. The zero-order chi connectivity index (χ0) is 101. The summed E-state index contributed by atoms with van der Waals surface area (Å²) < 4.78 is 101. The van der Waals surface area contributed by atoms with Gasteiger partial charge in [-0.15, -0.1) is 0 Å². The Morgan fingerprint density at radius 1 is 0.205 bits per heavy atom. The molecule has 132 heavy (non-hydrogen) atoms. The van der Waals surface area contributed by atoms with Crippen LogP contribution in [0.2, 0.25) is 0 Å². The molecule has 0 heterocycles. The van der Waals surface area contributed by atoms with Gasteiger partial charge in [-0.3, -0.25) is 28.8 Å². The lowest BCUT2D eigenvalue weighted by Gasteiger charge is -2.29. The highest BCUT2D eigenvalue weighted by Gasteiger charge is 2.34. The van der Waals surface area contributed by atoms with Crippen LogP contribution in [0.5, 0.6) is 0 Å². The second-order valence-electron chi connectivity index (χ2n) is 29.3. The molecule has 0 amide bonds. The van der Waals surface area contributed by atoms with Crippen molar-refractivity contribution < 1.29 is 248 Å². The van der Waals surface area contributed by atoms with Crippen molar-refractivity contribution in [3.63, 3.8) is 0 Å². The smallest absolute Gasteiger partial charge is 0.466 e. The number of carbonyl (C=O) groups is 15. The lowest BCUT2D eigenvalue weighted by atomic mass is 9.81. The Kier molecular flexibility index (Phi) is 84.6. The van der Waals surface area contributed by atoms with Gasteiger partial charge in [0.15, 0.2) is 0 Å². The lowest BCUT2D eigenvalue weighted by Crippen LogP contribution is -2.37. The van der Waals surface area contributed by atoms with Crippen molar-refractivity contribution in [3.8, 4) is 0 Å². The summed E-state index contributed by atoms with van der Waals surface area (Å²) in [5, 5.41) is 131. The maximum atomic E-state index is 11.6. The van der Waals surface area contributed by atoms with Gasteiger partial charge in [-0.1, -0.05) is 20.8 Å². The van der Waals surface area contributed by atoms with E-state index in [1.165, 1.54) is 27.7 Å². The highest BCUT2D eigenvalue weighted by atomic mass is 16.8. The number of hydrogen-bond donors (Lipinski definition) is 15. The van der Waals surface area contributed by atoms with Gasteiger partial charge in [-0.05, 0) is 121 Å². The molecule has 0 radical (unpaired) electrons. The van der Waals surface area contributed by atoms with E-state index in [0.717, 1.165) is 0 Å². The number of carbonyl (C=O) groups excluding carboxylic acids is 15. The van der Waals surface area contributed by atoms with Gasteiger partial charge in [0, 0.05) is 39.1 Å². The molecule has 0 aromatic heterocycles. The largest absolute Gasteiger partial charge is 0.508 e. The third-order valence-corrected chi connectivity index (χ3v) is 17.0. The molecular formula is C81H142O51. The van der Waals surface area contributed by atoms with Crippen LogP contribution in [0.4, 0.5) is 28.8 Å². The molecule has 772 valence electrons. The number of rotatable bonds is 69. The van der Waals surface area contributed by atoms with Crippen molar-refractivity contribution >= 4 is 90.7 Å². The third kappa shape index (κ3) is 83.3. The Morgan fingerprint density at radius 2 is 0.379 bits per heavy atom. The second kappa shape index (κ2) is 85.4. The Balaban J connectivity index is -0.000000510. The van der Waals surface area contributed by atoms with Crippen LogP contribution in [0, 0.1) is 27.6 Å². The monoisotopic (exact) mass is 1930 g/mol. The van der Waals surface area contributed by atoms with Gasteiger partial charge in [0.05, 0.1) is 150 Å². The SMILES string of the molecule is CC(CCOC(=O)CCCO)(CCOC(=O)CCCO)CCOC(=O)CCCO.CC(CCOC(=O)CCO)(CCOC(=O)CCO)CCOC(=O)CCO.CC(COC(=O)OCCO)(COC(=O)OCCO)COC(=O)OCCO.C[C@H](O)C(=O)OCCC(C)(CCOC(=O)[C@H](C)O)CCOC(=O)[C@@H](C)O.O=C(OCCO)OCC(COC(=O)OCCO)COC(=O)OCCO. The van der Waals surface area contributed by atoms with Gasteiger partial charge in [0.25, 0.3) is 0 Å². The van der Waals surface area contributed by atoms with Gasteiger partial charge >= 0.3 is 90.7 Å². The maximum Gasteiger partial charge on any atom is 0.508 e. The van der Waals surface area contributed by atoms with Gasteiger partial charge in [-0.25, -0.2) is 43.2 Å². The van der Waals surface area contributed by atoms with Crippen molar-refractivity contribution in [2.24, 2.45) is 27.6 Å². The Bertz CT molecular complexity index is 2770. The molecular weight excluding hydrogens is 1790 g/mol. The first kappa shape index (κ1) is 131. The van der Waals surface area contributed by atoms with Crippen LogP contribution < -0.4 is 0 Å². The highest BCUT2D eigenvalue weighted by Crippen LogP contribution is 2.34. The zero-order valence-electron chi connectivity index (χ0n) is 76.3. The number of ether oxygens (including phenoxy) is 21. The zero-order valence-corrected chi connectivity index (χ0v) is 76.3. The van der Waals surface area contributed by atoms with E-state index in [4.69, 9.17) is 148 Å². The molecule has 0 saturated heterocycles. The summed E-state index contributed by atoms with van der Waals surface area (Å²) in [6.45, 7) is 5.13. The molecule has 0 rings (SSSR count). The van der Waals surface area contributed by atoms with E-state index in [9.17, 15) is 71.9 Å². The molecule has 51 nitrogen and oxygen atoms in total. The number of aliphatic hydroxyl groups excluding tert-OH is 15. The molecule has 0 spiro atoms. The number of hydrogen-bond acceptors (Lipinski definition) is 51. The van der Waals surface area contributed by atoms with Gasteiger partial charge in [0.1, 0.15) is 97.6 Å². The molecule has 0 saturated carbocycles. The van der Waals surface area contributed by atoms with Crippen molar-refractivity contribution in [2.75, 3.05) is 218 Å². The van der Waals surface area contributed by atoms with Crippen LogP contribution in [0.15, 0.2) is 0 Å². The van der Waals surface area contributed by atoms with Crippen LogP contribution in [0.3, 0.4) is 0 Å². The average molecular weight is 1930 g/mol. The van der Waals surface area contributed by atoms with Crippen molar-refractivity contribution in [1.29, 1.82) is 0 Å². The van der Waals surface area contributed by atoms with Gasteiger partial charge in [-0.2, -0.15) is 0 Å². The van der Waals surface area contributed by atoms with E-state index < -0.39 is 113 Å². The fourth-order valence-electron chi connectivity index (χ4n) is 9.08. The number of aliphatic hydroxyl groups is 15. The highest BCUT2D eigenvalue weighted by molar-refractivity contribution is 5.75. The van der Waals surface area contributed by atoms with E-state index in [-0.39, 0.29) is 280 Å². The van der Waals surface area contributed by atoms with Gasteiger partial charge < -0.3 is 176 Å². The third-order valence-electron chi connectivity index (χ3n) is 17.0. The molecule has 0 aromatic rings. The summed E-state index contributed by atoms with van der Waals surface area (Å²) in [5.74, 6) is -5.64. The summed E-state index contributed by atoms with van der Waals surface area (Å²) in [6.07, 6.45) is -4.79. The molecule has 3 atom stereocenters. The van der Waals surface area contributed by atoms with E-state index in [0.29, 0.717) is 77.0 Å². The van der Waals surface area contributed by atoms with E-state index >= 15 is 0 Å². The summed E-state index contributed by atoms with van der Waals surface area (Å²) in [6, 6.07) is 0. The summed E-state index contributed by atoms with van der Waals surface area (Å²) in [5.41, 5.74) is -2.48. The topological polar surface area (TPSA) is 753 Å². The van der Waals surface area contributed by atoms with E-state index in [1.54, 1.807) is 0 Å². The minimum atomic E-state index is -1.22. The van der Waals surface area contributed by atoms with Crippen LogP contribution in [0.25, 0.3) is 0 Å². The predicted molar refractivity (Wildman–Crippen MR) is 442 cm³/mol. The molecule has 0 unspecified atom stereocenters. The first-order valence-corrected chi connectivity index (χ1v) is 42.2. The van der Waals surface area contributed by atoms with E-state index in [2.05, 4.69) is 28.4 Å². The molecule has 0 bridgehead atoms. The minimum absolute atomic E-state index is 0.0366. The quantitative estimate of drug-likeness (QED) is 0.0268. The Hall–Kier alpha value is -9.75. The molecule has 0 aliphatic rings. The average Bonchev–Trinajstić information content (AvgIpc) is 0.897. The fraction of sp³-hybridized carbons (Fsp3) is 0.815. The van der Waals surface area contributed by atoms with Crippen molar-refractivity contribution in [3.05, 3.63) is 0 Å². The lowest BCUT2D eigenvalue weighted by molar-refractivity contribution is -0.155. The van der Waals surface area contributed by atoms with Crippen LogP contribution in [-0.2, 0) is 143 Å². The van der Waals surface area contributed by atoms with Gasteiger partial charge in [0.2, 0.25) is 0 Å². The van der Waals surface area contributed by atoms with Crippen molar-refractivity contribution in [2.45, 2.75) is 182 Å². The maximum absolute atomic E-state index is 11.6. The first-order valence-electron chi connectivity index (χ1n) is 42.2. The molecule has 0 fully saturated rings. The van der Waals surface area contributed by atoms with Crippen LogP contribution in [-0.4, -0.2) is 404 Å². The second-order valence-corrected chi connectivity index (χ2v) is 29.3. The molecule has 0 aromatic carbocycles. The van der Waals surface area contributed by atoms with Crippen LogP contribution in [0.1, 0.15) is 164 Å². The summed E-state index contributed by atoms with van der Waals surface area (Å²) >= 11 is 0.